The van der Waals surface area contributed by atoms with E-state index in [1.807, 2.05) is 36.1 Å². The Balaban J connectivity index is 1.52. The summed E-state index contributed by atoms with van der Waals surface area (Å²) in [6.45, 7) is 4.79. The van der Waals surface area contributed by atoms with Gasteiger partial charge in [0.2, 0.25) is 0 Å². The van der Waals surface area contributed by atoms with Crippen LogP contribution in [0, 0.1) is 0 Å². The summed E-state index contributed by atoms with van der Waals surface area (Å²) in [5.74, 6) is 0.892. The molecule has 0 radical (unpaired) electrons. The van der Waals surface area contributed by atoms with E-state index in [1.54, 1.807) is 18.6 Å². The van der Waals surface area contributed by atoms with Gasteiger partial charge in [0, 0.05) is 44.8 Å². The van der Waals surface area contributed by atoms with E-state index in [-0.39, 0.29) is 12.1 Å². The van der Waals surface area contributed by atoms with Crippen LogP contribution in [-0.2, 0) is 0 Å². The zero-order valence-electron chi connectivity index (χ0n) is 13.5. The number of hydrogen-bond donors (Lipinski definition) is 1. The Kier molecular flexibility index (Phi) is 5.15. The molecule has 0 spiro atoms. The summed E-state index contributed by atoms with van der Waals surface area (Å²) in [4.78, 5) is 24.8. The number of amides is 2. The zero-order valence-corrected chi connectivity index (χ0v) is 14.3. The SMILES string of the molecule is CC(NC(=O)N1CCN(c2ccc(Cl)cn2)CC1)c1cccnc1. The van der Waals surface area contributed by atoms with Crippen molar-refractivity contribution in [2.75, 3.05) is 31.1 Å². The highest BCUT2D eigenvalue weighted by Crippen LogP contribution is 2.17. The van der Waals surface area contributed by atoms with E-state index >= 15 is 0 Å². The third kappa shape index (κ3) is 3.94. The number of urea groups is 1. The Labute approximate surface area is 146 Å². The minimum atomic E-state index is -0.0674. The first-order chi connectivity index (χ1) is 11.6. The second-order valence-corrected chi connectivity index (χ2v) is 6.20. The van der Waals surface area contributed by atoms with Gasteiger partial charge in [-0.15, -0.1) is 0 Å². The maximum absolute atomic E-state index is 12.4. The number of nitrogens with one attached hydrogen (secondary N) is 1. The van der Waals surface area contributed by atoms with Gasteiger partial charge in [-0.05, 0) is 30.7 Å². The second-order valence-electron chi connectivity index (χ2n) is 5.77. The fraction of sp³-hybridized carbons (Fsp3) is 0.353. The first-order valence-corrected chi connectivity index (χ1v) is 8.33. The van der Waals surface area contributed by atoms with E-state index < -0.39 is 0 Å². The van der Waals surface area contributed by atoms with Crippen LogP contribution in [0.3, 0.4) is 0 Å². The van der Waals surface area contributed by atoms with Gasteiger partial charge in [0.25, 0.3) is 0 Å². The predicted octanol–water partition coefficient (Wildman–Crippen LogP) is 2.72. The lowest BCUT2D eigenvalue weighted by atomic mass is 10.1. The molecule has 0 saturated carbocycles. The highest BCUT2D eigenvalue weighted by Gasteiger charge is 2.23. The number of hydrogen-bond acceptors (Lipinski definition) is 4. The molecule has 1 aliphatic heterocycles. The van der Waals surface area contributed by atoms with Crippen LogP contribution >= 0.6 is 11.6 Å². The molecule has 0 aromatic carbocycles. The molecule has 1 unspecified atom stereocenters. The molecule has 0 aliphatic carbocycles. The lowest BCUT2D eigenvalue weighted by Gasteiger charge is -2.35. The summed E-state index contributed by atoms with van der Waals surface area (Å²) >= 11 is 5.87. The number of halogens is 1. The van der Waals surface area contributed by atoms with Crippen molar-refractivity contribution in [1.29, 1.82) is 0 Å². The van der Waals surface area contributed by atoms with Crippen LogP contribution in [0.2, 0.25) is 5.02 Å². The molecule has 2 aromatic heterocycles. The first-order valence-electron chi connectivity index (χ1n) is 7.95. The fourth-order valence-corrected chi connectivity index (χ4v) is 2.80. The molecule has 3 heterocycles. The summed E-state index contributed by atoms with van der Waals surface area (Å²) in [5, 5.41) is 3.65. The second kappa shape index (κ2) is 7.49. The van der Waals surface area contributed by atoms with Crippen molar-refractivity contribution < 1.29 is 4.79 Å². The molecule has 1 aliphatic rings. The third-order valence-corrected chi connectivity index (χ3v) is 4.35. The van der Waals surface area contributed by atoms with Gasteiger partial charge in [0.15, 0.2) is 0 Å². The number of carbonyl (C=O) groups excluding carboxylic acids is 1. The Bertz CT molecular complexity index is 671. The highest BCUT2D eigenvalue weighted by molar-refractivity contribution is 6.30. The molecule has 6 nitrogen and oxygen atoms in total. The summed E-state index contributed by atoms with van der Waals surface area (Å²) in [6, 6.07) is 7.45. The maximum atomic E-state index is 12.4. The maximum Gasteiger partial charge on any atom is 0.317 e. The van der Waals surface area contributed by atoms with Gasteiger partial charge in [-0.2, -0.15) is 0 Å². The standard InChI is InChI=1S/C17H20ClN5O/c1-13(14-3-2-6-19-11-14)21-17(24)23-9-7-22(8-10-23)16-5-4-15(18)12-20-16/h2-6,11-13H,7-10H2,1H3,(H,21,24). The number of pyridine rings is 2. The van der Waals surface area contributed by atoms with Crippen molar-refractivity contribution in [3.05, 3.63) is 53.4 Å². The van der Waals surface area contributed by atoms with E-state index in [9.17, 15) is 4.79 Å². The smallest absolute Gasteiger partial charge is 0.317 e. The number of piperazine rings is 1. The Hall–Kier alpha value is -2.34. The van der Waals surface area contributed by atoms with Gasteiger partial charge in [-0.3, -0.25) is 4.98 Å². The number of aromatic nitrogens is 2. The molecule has 1 saturated heterocycles. The lowest BCUT2D eigenvalue weighted by Crippen LogP contribution is -2.52. The van der Waals surface area contributed by atoms with E-state index in [1.165, 1.54) is 0 Å². The lowest BCUT2D eigenvalue weighted by molar-refractivity contribution is 0.191. The van der Waals surface area contributed by atoms with Crippen LogP contribution in [0.1, 0.15) is 18.5 Å². The van der Waals surface area contributed by atoms with Crippen LogP contribution in [0.25, 0.3) is 0 Å². The molecule has 0 bridgehead atoms. The third-order valence-electron chi connectivity index (χ3n) is 4.13. The monoisotopic (exact) mass is 345 g/mol. The van der Waals surface area contributed by atoms with Gasteiger partial charge in [-0.25, -0.2) is 9.78 Å². The molecular weight excluding hydrogens is 326 g/mol. The van der Waals surface area contributed by atoms with Crippen LogP contribution in [0.4, 0.5) is 10.6 Å². The van der Waals surface area contributed by atoms with E-state index in [0.717, 1.165) is 24.5 Å². The normalized spacial score (nSPS) is 15.9. The molecule has 24 heavy (non-hydrogen) atoms. The molecule has 1 atom stereocenters. The van der Waals surface area contributed by atoms with Crippen molar-refractivity contribution in [1.82, 2.24) is 20.2 Å². The summed E-state index contributed by atoms with van der Waals surface area (Å²) < 4.78 is 0. The van der Waals surface area contributed by atoms with E-state index in [4.69, 9.17) is 11.6 Å². The number of anilines is 1. The van der Waals surface area contributed by atoms with Crippen LogP contribution in [0.5, 0.6) is 0 Å². The Morgan fingerprint density at radius 1 is 1.21 bits per heavy atom. The van der Waals surface area contributed by atoms with E-state index in [0.29, 0.717) is 18.1 Å². The van der Waals surface area contributed by atoms with Crippen molar-refractivity contribution in [2.45, 2.75) is 13.0 Å². The molecule has 2 amide bonds. The number of nitrogens with zero attached hydrogens (tertiary/aromatic N) is 4. The van der Waals surface area contributed by atoms with E-state index in [2.05, 4.69) is 20.2 Å². The summed E-state index contributed by atoms with van der Waals surface area (Å²) in [5.41, 5.74) is 0.995. The molecule has 3 rings (SSSR count). The van der Waals surface area contributed by atoms with Crippen LogP contribution in [0.15, 0.2) is 42.9 Å². The van der Waals surface area contributed by atoms with Gasteiger partial charge in [0.1, 0.15) is 5.82 Å². The molecule has 1 N–H and O–H groups in total. The first kappa shape index (κ1) is 16.5. The van der Waals surface area contributed by atoms with Crippen LogP contribution < -0.4 is 10.2 Å². The minimum absolute atomic E-state index is 0.0462. The number of carbonyl (C=O) groups is 1. The molecule has 126 valence electrons. The van der Waals surface area contributed by atoms with Crippen molar-refractivity contribution in [3.8, 4) is 0 Å². The molecule has 2 aromatic rings. The van der Waals surface area contributed by atoms with Crippen LogP contribution in [-0.4, -0.2) is 47.1 Å². The minimum Gasteiger partial charge on any atom is -0.353 e. The molecular formula is C17H20ClN5O. The fourth-order valence-electron chi connectivity index (χ4n) is 2.69. The number of rotatable bonds is 3. The van der Waals surface area contributed by atoms with Gasteiger partial charge >= 0.3 is 6.03 Å². The zero-order chi connectivity index (χ0) is 16.9. The molecule has 1 fully saturated rings. The largest absolute Gasteiger partial charge is 0.353 e. The van der Waals surface area contributed by atoms with Gasteiger partial charge in [0.05, 0.1) is 11.1 Å². The average molecular weight is 346 g/mol. The summed E-state index contributed by atoms with van der Waals surface area (Å²) in [7, 11) is 0. The highest BCUT2D eigenvalue weighted by atomic mass is 35.5. The van der Waals surface area contributed by atoms with Gasteiger partial charge in [-0.1, -0.05) is 17.7 Å². The average Bonchev–Trinajstić information content (AvgIpc) is 2.63. The Morgan fingerprint density at radius 3 is 2.62 bits per heavy atom. The van der Waals surface area contributed by atoms with Gasteiger partial charge < -0.3 is 15.1 Å². The summed E-state index contributed by atoms with van der Waals surface area (Å²) in [6.07, 6.45) is 5.14. The van der Waals surface area contributed by atoms with Crippen molar-refractivity contribution in [2.24, 2.45) is 0 Å². The Morgan fingerprint density at radius 2 is 2.00 bits per heavy atom. The van der Waals surface area contributed by atoms with Crippen molar-refractivity contribution in [3.63, 3.8) is 0 Å². The quantitative estimate of drug-likeness (QED) is 0.929. The predicted molar refractivity (Wildman–Crippen MR) is 94.2 cm³/mol. The topological polar surface area (TPSA) is 61.4 Å². The van der Waals surface area contributed by atoms with Crippen molar-refractivity contribution >= 4 is 23.4 Å². The molecule has 7 heteroatoms.